The van der Waals surface area contributed by atoms with Crippen LogP contribution in [-0.4, -0.2) is 6.54 Å². The predicted molar refractivity (Wildman–Crippen MR) is 90.1 cm³/mol. The Hall–Kier alpha value is -1.12. The molecule has 1 N–H and O–H groups in total. The highest BCUT2D eigenvalue weighted by Gasteiger charge is 2.12. The molecular weight excluding hydrogens is 310 g/mol. The van der Waals surface area contributed by atoms with E-state index >= 15 is 0 Å². The third-order valence-corrected chi connectivity index (χ3v) is 4.13. The summed E-state index contributed by atoms with van der Waals surface area (Å²) in [6.07, 6.45) is 2.19. The SMILES string of the molecule is CCCNC(Cc1ccccc1C)c1ccc(Br)cc1. The van der Waals surface area contributed by atoms with Gasteiger partial charge in [-0.1, -0.05) is 59.3 Å². The second-order valence-corrected chi connectivity index (χ2v) is 6.10. The second kappa shape index (κ2) is 7.61. The lowest BCUT2D eigenvalue weighted by Gasteiger charge is -2.20. The van der Waals surface area contributed by atoms with Gasteiger partial charge < -0.3 is 5.32 Å². The average molecular weight is 332 g/mol. The van der Waals surface area contributed by atoms with Gasteiger partial charge in [0.25, 0.3) is 0 Å². The molecule has 0 amide bonds. The van der Waals surface area contributed by atoms with Crippen LogP contribution in [0.3, 0.4) is 0 Å². The zero-order valence-electron chi connectivity index (χ0n) is 12.2. The third kappa shape index (κ3) is 4.19. The number of rotatable bonds is 6. The van der Waals surface area contributed by atoms with E-state index in [1.807, 2.05) is 0 Å². The first-order valence-electron chi connectivity index (χ1n) is 7.24. The monoisotopic (exact) mass is 331 g/mol. The van der Waals surface area contributed by atoms with Gasteiger partial charge in [0.2, 0.25) is 0 Å². The van der Waals surface area contributed by atoms with Crippen LogP contribution in [0.4, 0.5) is 0 Å². The molecule has 106 valence electrons. The van der Waals surface area contributed by atoms with Gasteiger partial charge in [0.05, 0.1) is 0 Å². The topological polar surface area (TPSA) is 12.0 Å². The molecule has 0 heterocycles. The average Bonchev–Trinajstić information content (AvgIpc) is 2.46. The molecule has 2 aromatic carbocycles. The third-order valence-electron chi connectivity index (χ3n) is 3.60. The number of benzene rings is 2. The lowest BCUT2D eigenvalue weighted by atomic mass is 9.96. The van der Waals surface area contributed by atoms with Gasteiger partial charge in [-0.2, -0.15) is 0 Å². The van der Waals surface area contributed by atoms with Crippen molar-refractivity contribution in [2.75, 3.05) is 6.54 Å². The molecule has 1 unspecified atom stereocenters. The van der Waals surface area contributed by atoms with Gasteiger partial charge in [-0.05, 0) is 55.1 Å². The van der Waals surface area contributed by atoms with Crippen LogP contribution in [0, 0.1) is 6.92 Å². The molecule has 0 saturated heterocycles. The van der Waals surface area contributed by atoms with Crippen LogP contribution in [0.2, 0.25) is 0 Å². The van der Waals surface area contributed by atoms with Gasteiger partial charge in [-0.3, -0.25) is 0 Å². The molecule has 0 radical (unpaired) electrons. The zero-order chi connectivity index (χ0) is 14.4. The van der Waals surface area contributed by atoms with Gasteiger partial charge in [-0.15, -0.1) is 0 Å². The van der Waals surface area contributed by atoms with E-state index in [2.05, 4.69) is 83.6 Å². The lowest BCUT2D eigenvalue weighted by Crippen LogP contribution is -2.24. The van der Waals surface area contributed by atoms with Crippen LogP contribution in [0.25, 0.3) is 0 Å². The minimum absolute atomic E-state index is 0.379. The first-order valence-corrected chi connectivity index (χ1v) is 8.03. The Morgan fingerprint density at radius 2 is 1.75 bits per heavy atom. The highest BCUT2D eigenvalue weighted by atomic mass is 79.9. The van der Waals surface area contributed by atoms with E-state index in [9.17, 15) is 0 Å². The zero-order valence-corrected chi connectivity index (χ0v) is 13.8. The minimum atomic E-state index is 0.379. The summed E-state index contributed by atoms with van der Waals surface area (Å²) in [5.74, 6) is 0. The van der Waals surface area contributed by atoms with Crippen LogP contribution in [0.5, 0.6) is 0 Å². The van der Waals surface area contributed by atoms with Crippen molar-refractivity contribution < 1.29 is 0 Å². The minimum Gasteiger partial charge on any atom is -0.310 e. The van der Waals surface area contributed by atoms with Crippen LogP contribution in [0.15, 0.2) is 53.0 Å². The van der Waals surface area contributed by atoms with E-state index in [1.165, 1.54) is 16.7 Å². The van der Waals surface area contributed by atoms with Gasteiger partial charge in [0.1, 0.15) is 0 Å². The van der Waals surface area contributed by atoms with Crippen molar-refractivity contribution in [3.05, 3.63) is 69.7 Å². The smallest absolute Gasteiger partial charge is 0.0360 e. The van der Waals surface area contributed by atoms with E-state index in [4.69, 9.17) is 0 Å². The molecular formula is C18H22BrN. The summed E-state index contributed by atoms with van der Waals surface area (Å²) in [6.45, 7) is 5.44. The Morgan fingerprint density at radius 3 is 2.40 bits per heavy atom. The molecule has 0 aliphatic rings. The van der Waals surface area contributed by atoms with Crippen LogP contribution in [-0.2, 0) is 6.42 Å². The van der Waals surface area contributed by atoms with E-state index < -0.39 is 0 Å². The van der Waals surface area contributed by atoms with Crippen molar-refractivity contribution in [2.45, 2.75) is 32.7 Å². The summed E-state index contributed by atoms with van der Waals surface area (Å²) in [5, 5.41) is 3.67. The summed E-state index contributed by atoms with van der Waals surface area (Å²) < 4.78 is 1.13. The molecule has 1 nitrogen and oxygen atoms in total. The predicted octanol–water partition coefficient (Wildman–Crippen LogP) is 5.04. The summed E-state index contributed by atoms with van der Waals surface area (Å²) in [5.41, 5.74) is 4.14. The van der Waals surface area contributed by atoms with Crippen molar-refractivity contribution >= 4 is 15.9 Å². The maximum Gasteiger partial charge on any atom is 0.0360 e. The van der Waals surface area contributed by atoms with Gasteiger partial charge in [0.15, 0.2) is 0 Å². The number of halogens is 1. The van der Waals surface area contributed by atoms with Crippen LogP contribution in [0.1, 0.15) is 36.1 Å². The number of nitrogens with one attached hydrogen (secondary N) is 1. The molecule has 2 rings (SSSR count). The largest absolute Gasteiger partial charge is 0.310 e. The maximum atomic E-state index is 3.67. The highest BCUT2D eigenvalue weighted by molar-refractivity contribution is 9.10. The summed E-state index contributed by atoms with van der Waals surface area (Å²) >= 11 is 3.51. The van der Waals surface area contributed by atoms with Crippen molar-refractivity contribution in [1.29, 1.82) is 0 Å². The molecule has 2 heteroatoms. The van der Waals surface area contributed by atoms with Crippen molar-refractivity contribution in [3.63, 3.8) is 0 Å². The Labute approximate surface area is 130 Å². The molecule has 1 atom stereocenters. The fourth-order valence-electron chi connectivity index (χ4n) is 2.38. The molecule has 2 aromatic rings. The number of aryl methyl sites for hydroxylation is 1. The standard InChI is InChI=1S/C18H22BrN/c1-3-12-20-18(15-8-10-17(19)11-9-15)13-16-7-5-4-6-14(16)2/h4-11,18,20H,3,12-13H2,1-2H3. The molecule has 0 spiro atoms. The Kier molecular flexibility index (Phi) is 5.81. The van der Waals surface area contributed by atoms with E-state index in [1.54, 1.807) is 0 Å². The molecule has 0 aliphatic heterocycles. The molecule has 0 bridgehead atoms. The van der Waals surface area contributed by atoms with E-state index in [-0.39, 0.29) is 0 Å². The Morgan fingerprint density at radius 1 is 1.05 bits per heavy atom. The van der Waals surface area contributed by atoms with E-state index in [0.717, 1.165) is 23.9 Å². The normalized spacial score (nSPS) is 12.3. The maximum absolute atomic E-state index is 3.67. The second-order valence-electron chi connectivity index (χ2n) is 5.19. The van der Waals surface area contributed by atoms with Gasteiger partial charge >= 0.3 is 0 Å². The van der Waals surface area contributed by atoms with Gasteiger partial charge in [0, 0.05) is 10.5 Å². The quantitative estimate of drug-likeness (QED) is 0.781. The van der Waals surface area contributed by atoms with Crippen LogP contribution < -0.4 is 5.32 Å². The van der Waals surface area contributed by atoms with Crippen molar-refractivity contribution in [1.82, 2.24) is 5.32 Å². The summed E-state index contributed by atoms with van der Waals surface area (Å²) in [6, 6.07) is 17.7. The summed E-state index contributed by atoms with van der Waals surface area (Å²) in [7, 11) is 0. The number of hydrogen-bond acceptors (Lipinski definition) is 1. The van der Waals surface area contributed by atoms with Crippen LogP contribution >= 0.6 is 15.9 Å². The summed E-state index contributed by atoms with van der Waals surface area (Å²) in [4.78, 5) is 0. The Balaban J connectivity index is 2.19. The first-order chi connectivity index (χ1) is 9.70. The first kappa shape index (κ1) is 15.3. The van der Waals surface area contributed by atoms with Crippen molar-refractivity contribution in [3.8, 4) is 0 Å². The molecule has 20 heavy (non-hydrogen) atoms. The molecule has 0 aromatic heterocycles. The fraction of sp³-hybridized carbons (Fsp3) is 0.333. The van der Waals surface area contributed by atoms with E-state index in [0.29, 0.717) is 6.04 Å². The highest BCUT2D eigenvalue weighted by Crippen LogP contribution is 2.22. The Bertz CT molecular complexity index is 533. The van der Waals surface area contributed by atoms with Crippen molar-refractivity contribution in [2.24, 2.45) is 0 Å². The van der Waals surface area contributed by atoms with Gasteiger partial charge in [-0.25, -0.2) is 0 Å². The number of hydrogen-bond donors (Lipinski definition) is 1. The molecule has 0 aliphatic carbocycles. The fourth-order valence-corrected chi connectivity index (χ4v) is 2.64. The molecule has 0 saturated carbocycles. The molecule has 0 fully saturated rings. The lowest BCUT2D eigenvalue weighted by molar-refractivity contribution is 0.528.